The second-order valence-electron chi connectivity index (χ2n) is 2.52. The van der Waals surface area contributed by atoms with Crippen molar-refractivity contribution in [3.63, 3.8) is 0 Å². The summed E-state index contributed by atoms with van der Waals surface area (Å²) in [6.45, 7) is 2.05. The number of hydrogen-bond acceptors (Lipinski definition) is 1. The monoisotopic (exact) mass is 157 g/mol. The average Bonchev–Trinajstić information content (AvgIpc) is 2.15. The fourth-order valence-electron chi connectivity index (χ4n) is 1.12. The van der Waals surface area contributed by atoms with Crippen molar-refractivity contribution in [1.29, 1.82) is 5.26 Å². The molecular formula is C11H11N. The van der Waals surface area contributed by atoms with E-state index in [4.69, 9.17) is 5.26 Å². The summed E-state index contributed by atoms with van der Waals surface area (Å²) >= 11 is 0. The van der Waals surface area contributed by atoms with E-state index >= 15 is 0 Å². The van der Waals surface area contributed by atoms with Crippen LogP contribution in [0.1, 0.15) is 18.9 Å². The highest BCUT2D eigenvalue weighted by Gasteiger charge is 1.95. The van der Waals surface area contributed by atoms with E-state index in [2.05, 4.69) is 13.0 Å². The van der Waals surface area contributed by atoms with Crippen molar-refractivity contribution < 1.29 is 0 Å². The number of nitrogens with zero attached hydrogens (tertiary/aromatic N) is 1. The molecule has 0 bridgehead atoms. The molecule has 0 aromatic heterocycles. The van der Waals surface area contributed by atoms with Gasteiger partial charge in [0.25, 0.3) is 0 Å². The van der Waals surface area contributed by atoms with Crippen LogP contribution in [0.15, 0.2) is 36.4 Å². The van der Waals surface area contributed by atoms with Crippen LogP contribution >= 0.6 is 0 Å². The molecule has 0 aliphatic heterocycles. The van der Waals surface area contributed by atoms with Crippen LogP contribution in [-0.4, -0.2) is 0 Å². The molecule has 0 amide bonds. The van der Waals surface area contributed by atoms with E-state index in [1.54, 1.807) is 6.08 Å². The minimum atomic E-state index is 0.900. The van der Waals surface area contributed by atoms with Crippen LogP contribution in [0.3, 0.4) is 0 Å². The summed E-state index contributed by atoms with van der Waals surface area (Å²) in [4.78, 5) is 0. The highest BCUT2D eigenvalue weighted by Crippen LogP contribution is 2.16. The minimum Gasteiger partial charge on any atom is -0.193 e. The van der Waals surface area contributed by atoms with Crippen molar-refractivity contribution in [2.75, 3.05) is 0 Å². The van der Waals surface area contributed by atoms with Gasteiger partial charge in [-0.2, -0.15) is 5.26 Å². The molecule has 0 heterocycles. The molecule has 1 rings (SSSR count). The second kappa shape index (κ2) is 4.35. The Kier molecular flexibility index (Phi) is 3.10. The van der Waals surface area contributed by atoms with Crippen LogP contribution in [0.4, 0.5) is 0 Å². The van der Waals surface area contributed by atoms with Crippen molar-refractivity contribution in [1.82, 2.24) is 0 Å². The first-order valence-corrected chi connectivity index (χ1v) is 4.02. The first-order valence-electron chi connectivity index (χ1n) is 4.02. The number of allylic oxidation sites excluding steroid dienone is 2. The van der Waals surface area contributed by atoms with Crippen molar-refractivity contribution >= 4 is 5.57 Å². The summed E-state index contributed by atoms with van der Waals surface area (Å²) in [6.07, 6.45) is 2.51. The Bertz CT molecular complexity index is 304. The fraction of sp³-hybridized carbons (Fsp3) is 0.182. The van der Waals surface area contributed by atoms with Crippen LogP contribution in [0, 0.1) is 11.3 Å². The van der Waals surface area contributed by atoms with Crippen LogP contribution in [-0.2, 0) is 0 Å². The quantitative estimate of drug-likeness (QED) is 0.605. The van der Waals surface area contributed by atoms with Gasteiger partial charge >= 0.3 is 0 Å². The van der Waals surface area contributed by atoms with E-state index in [-0.39, 0.29) is 0 Å². The summed E-state index contributed by atoms with van der Waals surface area (Å²) in [7, 11) is 0. The molecule has 0 aliphatic rings. The summed E-state index contributed by atoms with van der Waals surface area (Å²) in [6, 6.07) is 12.0. The Morgan fingerprint density at radius 2 is 2.08 bits per heavy atom. The van der Waals surface area contributed by atoms with Crippen LogP contribution < -0.4 is 0 Å². The van der Waals surface area contributed by atoms with Gasteiger partial charge in [-0.05, 0) is 17.6 Å². The summed E-state index contributed by atoms with van der Waals surface area (Å²) < 4.78 is 0. The number of hydrogen-bond donors (Lipinski definition) is 0. The maximum atomic E-state index is 8.50. The highest BCUT2D eigenvalue weighted by atomic mass is 14.2. The molecule has 60 valence electrons. The normalized spacial score (nSPS) is 10.8. The molecule has 0 saturated heterocycles. The maximum absolute atomic E-state index is 8.50. The van der Waals surface area contributed by atoms with Gasteiger partial charge < -0.3 is 0 Å². The molecule has 0 unspecified atom stereocenters. The van der Waals surface area contributed by atoms with Crippen molar-refractivity contribution in [2.45, 2.75) is 13.3 Å². The van der Waals surface area contributed by atoms with Gasteiger partial charge in [0.05, 0.1) is 6.07 Å². The van der Waals surface area contributed by atoms with E-state index < -0.39 is 0 Å². The third-order valence-corrected chi connectivity index (χ3v) is 1.76. The van der Waals surface area contributed by atoms with E-state index in [0.29, 0.717) is 0 Å². The van der Waals surface area contributed by atoms with Gasteiger partial charge in [-0.3, -0.25) is 0 Å². The van der Waals surface area contributed by atoms with Crippen molar-refractivity contribution in [3.8, 4) is 6.07 Å². The standard InChI is InChI=1S/C11H11N/c1-2-10(8-9-12)11-6-4-3-5-7-11/h3-8H,2H2,1H3. The van der Waals surface area contributed by atoms with Crippen LogP contribution in [0.5, 0.6) is 0 Å². The van der Waals surface area contributed by atoms with E-state index in [0.717, 1.165) is 17.6 Å². The Morgan fingerprint density at radius 3 is 2.58 bits per heavy atom. The third-order valence-electron chi connectivity index (χ3n) is 1.76. The summed E-state index contributed by atoms with van der Waals surface area (Å²) in [5.41, 5.74) is 2.24. The lowest BCUT2D eigenvalue weighted by molar-refractivity contribution is 1.24. The van der Waals surface area contributed by atoms with Crippen molar-refractivity contribution in [2.24, 2.45) is 0 Å². The highest BCUT2D eigenvalue weighted by molar-refractivity contribution is 5.67. The smallest absolute Gasteiger partial charge is 0.0915 e. The Hall–Kier alpha value is -1.55. The predicted molar refractivity (Wildman–Crippen MR) is 50.3 cm³/mol. The zero-order valence-corrected chi connectivity index (χ0v) is 7.12. The van der Waals surface area contributed by atoms with Gasteiger partial charge in [-0.1, -0.05) is 37.3 Å². The van der Waals surface area contributed by atoms with Gasteiger partial charge in [-0.25, -0.2) is 0 Å². The van der Waals surface area contributed by atoms with Crippen molar-refractivity contribution in [3.05, 3.63) is 42.0 Å². The van der Waals surface area contributed by atoms with Gasteiger partial charge in [0.1, 0.15) is 0 Å². The first-order chi connectivity index (χ1) is 5.88. The van der Waals surface area contributed by atoms with E-state index in [9.17, 15) is 0 Å². The minimum absolute atomic E-state index is 0.900. The summed E-state index contributed by atoms with van der Waals surface area (Å²) in [5.74, 6) is 0. The molecule has 1 aromatic carbocycles. The first kappa shape index (κ1) is 8.55. The van der Waals surface area contributed by atoms with Gasteiger partial charge in [-0.15, -0.1) is 0 Å². The third kappa shape index (κ3) is 1.96. The molecule has 0 fully saturated rings. The zero-order chi connectivity index (χ0) is 8.81. The molecule has 0 N–H and O–H groups in total. The van der Waals surface area contributed by atoms with Gasteiger partial charge in [0.2, 0.25) is 0 Å². The fourth-order valence-corrected chi connectivity index (χ4v) is 1.12. The van der Waals surface area contributed by atoms with Crippen LogP contribution in [0.25, 0.3) is 5.57 Å². The lowest BCUT2D eigenvalue weighted by Crippen LogP contribution is -1.80. The Labute approximate surface area is 73.0 Å². The predicted octanol–water partition coefficient (Wildman–Crippen LogP) is 3.00. The Balaban J connectivity index is 2.98. The largest absolute Gasteiger partial charge is 0.193 e. The molecule has 1 aromatic rings. The Morgan fingerprint density at radius 1 is 1.42 bits per heavy atom. The molecule has 0 atom stereocenters. The molecule has 0 aliphatic carbocycles. The van der Waals surface area contributed by atoms with E-state index in [1.165, 1.54) is 0 Å². The number of benzene rings is 1. The lowest BCUT2D eigenvalue weighted by atomic mass is 10.0. The maximum Gasteiger partial charge on any atom is 0.0915 e. The molecule has 1 nitrogen and oxygen atoms in total. The number of rotatable bonds is 2. The molecule has 0 spiro atoms. The van der Waals surface area contributed by atoms with Gasteiger partial charge in [0.15, 0.2) is 0 Å². The molecular weight excluding hydrogens is 146 g/mol. The molecule has 12 heavy (non-hydrogen) atoms. The van der Waals surface area contributed by atoms with Gasteiger partial charge in [0, 0.05) is 6.08 Å². The lowest BCUT2D eigenvalue weighted by Gasteiger charge is -2.00. The molecule has 1 heteroatoms. The average molecular weight is 157 g/mol. The SMILES string of the molecule is CCC(=CC#N)c1ccccc1. The van der Waals surface area contributed by atoms with Crippen LogP contribution in [0.2, 0.25) is 0 Å². The zero-order valence-electron chi connectivity index (χ0n) is 7.12. The topological polar surface area (TPSA) is 23.8 Å². The molecule has 0 saturated carbocycles. The summed E-state index contributed by atoms with van der Waals surface area (Å²) in [5, 5.41) is 8.50. The van der Waals surface area contributed by atoms with E-state index in [1.807, 2.05) is 30.3 Å². The molecule has 0 radical (unpaired) electrons. The second-order valence-corrected chi connectivity index (χ2v) is 2.52. The number of nitriles is 1.